The van der Waals surface area contributed by atoms with Crippen LogP contribution < -0.4 is 5.32 Å². The molecule has 0 aliphatic heterocycles. The number of nitrogens with one attached hydrogen (secondary N) is 1. The average molecular weight is 327 g/mol. The zero-order chi connectivity index (χ0) is 15.0. The van der Waals surface area contributed by atoms with Crippen LogP contribution in [0.1, 0.15) is 24.5 Å². The highest BCUT2D eigenvalue weighted by Crippen LogP contribution is 2.38. The Bertz CT molecular complexity index is 674. The van der Waals surface area contributed by atoms with Crippen LogP contribution in [0.5, 0.6) is 5.75 Å². The first kappa shape index (κ1) is 14.2. The third-order valence-corrected chi connectivity index (χ3v) is 3.73. The van der Waals surface area contributed by atoms with Crippen molar-refractivity contribution in [3.8, 4) is 5.75 Å². The maximum atomic E-state index is 11.9. The van der Waals surface area contributed by atoms with Gasteiger partial charge in [0.15, 0.2) is 5.75 Å². The molecule has 0 spiro atoms. The molecular formula is C13H12Cl2N4O2. The van der Waals surface area contributed by atoms with E-state index in [4.69, 9.17) is 23.2 Å². The third kappa shape index (κ3) is 3.28. The van der Waals surface area contributed by atoms with E-state index in [1.807, 2.05) is 0 Å². The molecule has 0 saturated heterocycles. The van der Waals surface area contributed by atoms with E-state index in [0.717, 1.165) is 18.5 Å². The lowest BCUT2D eigenvalue weighted by Gasteiger charge is -2.07. The van der Waals surface area contributed by atoms with Gasteiger partial charge in [0.1, 0.15) is 6.54 Å². The van der Waals surface area contributed by atoms with E-state index >= 15 is 0 Å². The fourth-order valence-electron chi connectivity index (χ4n) is 1.94. The van der Waals surface area contributed by atoms with E-state index in [1.165, 1.54) is 16.8 Å². The number of hydrogen-bond donors (Lipinski definition) is 2. The number of benzene rings is 1. The van der Waals surface area contributed by atoms with Gasteiger partial charge in [0.2, 0.25) is 5.91 Å². The molecule has 1 amide bonds. The SMILES string of the molecule is O=C(Cn1cc(C2CC2)nn1)Nc1cc(Cl)c(O)c(Cl)c1. The van der Waals surface area contributed by atoms with Crippen LogP contribution in [0.4, 0.5) is 5.69 Å². The Balaban J connectivity index is 1.65. The van der Waals surface area contributed by atoms with Crippen LogP contribution in [0.25, 0.3) is 0 Å². The minimum Gasteiger partial charge on any atom is -0.505 e. The van der Waals surface area contributed by atoms with Gasteiger partial charge < -0.3 is 10.4 Å². The van der Waals surface area contributed by atoms with Gasteiger partial charge in [-0.1, -0.05) is 28.4 Å². The lowest BCUT2D eigenvalue weighted by Crippen LogP contribution is -2.19. The van der Waals surface area contributed by atoms with Crippen molar-refractivity contribution in [1.29, 1.82) is 0 Å². The maximum absolute atomic E-state index is 11.9. The molecule has 3 rings (SSSR count). The first-order valence-corrected chi connectivity index (χ1v) is 7.16. The van der Waals surface area contributed by atoms with Gasteiger partial charge in [-0.05, 0) is 25.0 Å². The number of rotatable bonds is 4. The number of carbonyl (C=O) groups is 1. The zero-order valence-corrected chi connectivity index (χ0v) is 12.4. The Morgan fingerprint density at radius 1 is 1.38 bits per heavy atom. The molecule has 6 nitrogen and oxygen atoms in total. The fourth-order valence-corrected chi connectivity index (χ4v) is 2.43. The van der Waals surface area contributed by atoms with Gasteiger partial charge in [-0.15, -0.1) is 5.10 Å². The Hall–Kier alpha value is -1.79. The van der Waals surface area contributed by atoms with Crippen LogP contribution in [0.3, 0.4) is 0 Å². The summed E-state index contributed by atoms with van der Waals surface area (Å²) in [5.41, 5.74) is 1.34. The van der Waals surface area contributed by atoms with Crippen molar-refractivity contribution in [2.75, 3.05) is 5.32 Å². The summed E-state index contributed by atoms with van der Waals surface area (Å²) in [5.74, 6) is 0.0123. The first-order valence-electron chi connectivity index (χ1n) is 6.41. The summed E-state index contributed by atoms with van der Waals surface area (Å²) in [6.45, 7) is 0.0514. The number of phenols is 1. The Kier molecular flexibility index (Phi) is 3.73. The number of aromatic hydroxyl groups is 1. The van der Waals surface area contributed by atoms with Crippen LogP contribution in [0, 0.1) is 0 Å². The molecule has 8 heteroatoms. The molecule has 1 heterocycles. The third-order valence-electron chi connectivity index (χ3n) is 3.16. The van der Waals surface area contributed by atoms with E-state index < -0.39 is 0 Å². The summed E-state index contributed by atoms with van der Waals surface area (Å²) in [5, 5.41) is 20.2. The number of amides is 1. The van der Waals surface area contributed by atoms with E-state index in [2.05, 4.69) is 15.6 Å². The number of aromatic nitrogens is 3. The summed E-state index contributed by atoms with van der Waals surface area (Å²) >= 11 is 11.6. The van der Waals surface area contributed by atoms with Crippen molar-refractivity contribution in [3.63, 3.8) is 0 Å². The molecule has 0 radical (unpaired) electrons. The van der Waals surface area contributed by atoms with Crippen molar-refractivity contribution in [3.05, 3.63) is 34.1 Å². The highest BCUT2D eigenvalue weighted by molar-refractivity contribution is 6.37. The monoisotopic (exact) mass is 326 g/mol. The summed E-state index contributed by atoms with van der Waals surface area (Å²) in [7, 11) is 0. The van der Waals surface area contributed by atoms with Gasteiger partial charge in [0.05, 0.1) is 15.7 Å². The summed E-state index contributed by atoms with van der Waals surface area (Å²) in [6.07, 6.45) is 4.05. The number of carbonyl (C=O) groups excluding carboxylic acids is 1. The van der Waals surface area contributed by atoms with Crippen LogP contribution >= 0.6 is 23.2 Å². The van der Waals surface area contributed by atoms with E-state index in [9.17, 15) is 9.90 Å². The van der Waals surface area contributed by atoms with Gasteiger partial charge in [0.25, 0.3) is 0 Å². The lowest BCUT2D eigenvalue weighted by atomic mass is 10.3. The topological polar surface area (TPSA) is 80.0 Å². The van der Waals surface area contributed by atoms with Crippen molar-refractivity contribution >= 4 is 34.8 Å². The summed E-state index contributed by atoms with van der Waals surface area (Å²) in [6, 6.07) is 2.86. The predicted molar refractivity (Wildman–Crippen MR) is 78.8 cm³/mol. The van der Waals surface area contributed by atoms with Gasteiger partial charge in [0, 0.05) is 17.8 Å². The second kappa shape index (κ2) is 5.54. The normalized spacial score (nSPS) is 14.2. The fraction of sp³-hybridized carbons (Fsp3) is 0.308. The minimum atomic E-state index is -0.278. The van der Waals surface area contributed by atoms with Crippen LogP contribution in [0.2, 0.25) is 10.0 Å². The maximum Gasteiger partial charge on any atom is 0.246 e. The molecular weight excluding hydrogens is 315 g/mol. The Labute approximate surface area is 130 Å². The second-order valence-electron chi connectivity index (χ2n) is 4.95. The molecule has 1 aromatic carbocycles. The highest BCUT2D eigenvalue weighted by Gasteiger charge is 2.26. The number of phenolic OH excluding ortho intramolecular Hbond substituents is 1. The highest BCUT2D eigenvalue weighted by atomic mass is 35.5. The van der Waals surface area contributed by atoms with Gasteiger partial charge in [-0.25, -0.2) is 4.68 Å². The Morgan fingerprint density at radius 3 is 2.67 bits per heavy atom. The van der Waals surface area contributed by atoms with E-state index in [0.29, 0.717) is 11.6 Å². The van der Waals surface area contributed by atoms with Crippen LogP contribution in [-0.2, 0) is 11.3 Å². The number of anilines is 1. The molecule has 110 valence electrons. The predicted octanol–water partition coefficient (Wildman–Crippen LogP) is 2.81. The minimum absolute atomic E-state index is 0.0514. The Morgan fingerprint density at radius 2 is 2.05 bits per heavy atom. The number of nitrogens with zero attached hydrogens (tertiary/aromatic N) is 3. The summed E-state index contributed by atoms with van der Waals surface area (Å²) < 4.78 is 1.49. The molecule has 0 atom stereocenters. The molecule has 1 saturated carbocycles. The molecule has 2 N–H and O–H groups in total. The molecule has 1 fully saturated rings. The van der Waals surface area contributed by atoms with Crippen molar-refractivity contribution in [2.24, 2.45) is 0 Å². The van der Waals surface area contributed by atoms with Crippen molar-refractivity contribution < 1.29 is 9.90 Å². The van der Waals surface area contributed by atoms with Gasteiger partial charge in [-0.2, -0.15) is 0 Å². The molecule has 1 aromatic heterocycles. The zero-order valence-electron chi connectivity index (χ0n) is 10.9. The second-order valence-corrected chi connectivity index (χ2v) is 5.77. The van der Waals surface area contributed by atoms with Gasteiger partial charge >= 0.3 is 0 Å². The number of halogens is 2. The average Bonchev–Trinajstić information content (AvgIpc) is 3.17. The van der Waals surface area contributed by atoms with Crippen molar-refractivity contribution in [1.82, 2.24) is 15.0 Å². The molecule has 0 bridgehead atoms. The van der Waals surface area contributed by atoms with E-state index in [1.54, 1.807) is 6.20 Å². The molecule has 1 aliphatic carbocycles. The standard InChI is InChI=1S/C13H12Cl2N4O2/c14-9-3-8(4-10(15)13(9)21)16-12(20)6-19-5-11(17-18-19)7-1-2-7/h3-5,7,21H,1-2,6H2,(H,16,20). The lowest BCUT2D eigenvalue weighted by molar-refractivity contribution is -0.116. The smallest absolute Gasteiger partial charge is 0.246 e. The molecule has 1 aliphatic rings. The summed E-state index contributed by atoms with van der Waals surface area (Å²) in [4.78, 5) is 11.9. The van der Waals surface area contributed by atoms with E-state index in [-0.39, 0.29) is 28.2 Å². The molecule has 2 aromatic rings. The molecule has 0 unspecified atom stereocenters. The quantitative estimate of drug-likeness (QED) is 0.846. The largest absolute Gasteiger partial charge is 0.505 e. The number of hydrogen-bond acceptors (Lipinski definition) is 4. The van der Waals surface area contributed by atoms with Crippen LogP contribution in [-0.4, -0.2) is 26.0 Å². The molecule has 21 heavy (non-hydrogen) atoms. The van der Waals surface area contributed by atoms with Gasteiger partial charge in [-0.3, -0.25) is 4.79 Å². The van der Waals surface area contributed by atoms with Crippen molar-refractivity contribution in [2.45, 2.75) is 25.3 Å². The first-order chi connectivity index (χ1) is 10.0. The van der Waals surface area contributed by atoms with Crippen LogP contribution in [0.15, 0.2) is 18.3 Å².